The molecule has 10 nitrogen and oxygen atoms in total. The minimum atomic E-state index is -1.88. The molecular weight excluding hydrogens is 589 g/mol. The summed E-state index contributed by atoms with van der Waals surface area (Å²) in [7, 11) is 0. The number of carboxylic acid groups (broad SMARTS) is 1. The van der Waals surface area contributed by atoms with Gasteiger partial charge in [0, 0.05) is 11.1 Å². The largest absolute Gasteiger partial charge is 0.505 e. The molecule has 2 aromatic carbocycles. The van der Waals surface area contributed by atoms with Gasteiger partial charge in [0.1, 0.15) is 23.8 Å². The molecule has 0 bridgehead atoms. The van der Waals surface area contributed by atoms with Crippen LogP contribution in [-0.2, 0) is 9.53 Å². The molecule has 1 aliphatic rings. The van der Waals surface area contributed by atoms with Crippen molar-refractivity contribution >= 4 is 55.0 Å². The Labute approximate surface area is 207 Å². The first-order chi connectivity index (χ1) is 16.0. The third-order valence-electron chi connectivity index (χ3n) is 5.16. The third-order valence-corrected chi connectivity index (χ3v) is 6.68. The number of ether oxygens (including phenoxy) is 2. The number of hydrogen-bond acceptors (Lipinski definition) is 9. The zero-order chi connectivity index (χ0) is 24.9. The summed E-state index contributed by atoms with van der Waals surface area (Å²) in [6, 6.07) is 3.59. The number of carboxylic acids is 1. The maximum Gasteiger partial charge on any atom is 0.335 e. The molecule has 5 atom stereocenters. The Kier molecular flexibility index (Phi) is 6.68. The van der Waals surface area contributed by atoms with Gasteiger partial charge in [-0.05, 0) is 50.1 Å². The summed E-state index contributed by atoms with van der Waals surface area (Å²) in [5.41, 5.74) is 1.03. The maximum atomic E-state index is 13.8. The van der Waals surface area contributed by atoms with E-state index in [-0.39, 0.29) is 37.2 Å². The zero-order valence-corrected chi connectivity index (χ0v) is 20.0. The number of fused-ring (bicyclic) bond motifs is 1. The molecule has 1 unspecified atom stereocenters. The van der Waals surface area contributed by atoms with Crippen LogP contribution in [0.4, 0.5) is 4.39 Å². The second kappa shape index (κ2) is 9.24. The lowest BCUT2D eigenvalue weighted by Gasteiger charge is -2.38. The van der Waals surface area contributed by atoms with Gasteiger partial charge in [0.25, 0.3) is 0 Å². The molecule has 1 aliphatic heterocycles. The monoisotopic (exact) mass is 603 g/mol. The number of hydrogen-bond donors (Lipinski definition) is 5. The minimum absolute atomic E-state index is 0.00378. The second-order valence-corrected chi connectivity index (χ2v) is 8.88. The van der Waals surface area contributed by atoms with Gasteiger partial charge in [-0.2, -0.15) is 0 Å². The van der Waals surface area contributed by atoms with Crippen molar-refractivity contribution in [3.05, 3.63) is 45.1 Å². The van der Waals surface area contributed by atoms with Crippen LogP contribution in [0.2, 0.25) is 0 Å². The Hall–Kier alpha value is -2.55. The van der Waals surface area contributed by atoms with E-state index in [9.17, 15) is 34.7 Å². The summed E-state index contributed by atoms with van der Waals surface area (Å²) < 4.78 is 31.0. The summed E-state index contributed by atoms with van der Waals surface area (Å²) in [5.74, 6) is -2.96. The van der Waals surface area contributed by atoms with Crippen LogP contribution >= 0.6 is 31.9 Å². The Bertz CT molecular complexity index is 1300. The molecule has 4 rings (SSSR count). The summed E-state index contributed by atoms with van der Waals surface area (Å²) in [6.45, 7) is 3.73. The first-order valence-corrected chi connectivity index (χ1v) is 11.2. The highest BCUT2D eigenvalue weighted by Crippen LogP contribution is 2.45. The number of aromatic nitrogens is 1. The molecule has 0 saturated carbocycles. The Morgan fingerprint density at radius 2 is 1.88 bits per heavy atom. The van der Waals surface area contributed by atoms with Gasteiger partial charge >= 0.3 is 5.97 Å². The molecule has 13 heteroatoms. The number of phenols is 1. The molecule has 1 saturated heterocycles. The average molecular weight is 605 g/mol. The van der Waals surface area contributed by atoms with Crippen molar-refractivity contribution in [2.45, 2.75) is 30.7 Å². The summed E-state index contributed by atoms with van der Waals surface area (Å²) in [4.78, 5) is 15.7. The molecule has 1 fully saturated rings. The maximum absolute atomic E-state index is 13.8. The van der Waals surface area contributed by atoms with Crippen molar-refractivity contribution in [2.75, 3.05) is 0 Å². The van der Waals surface area contributed by atoms with Gasteiger partial charge < -0.3 is 39.4 Å². The third kappa shape index (κ3) is 4.08. The Morgan fingerprint density at radius 1 is 1.18 bits per heavy atom. The number of halogens is 3. The van der Waals surface area contributed by atoms with Gasteiger partial charge in [-0.25, -0.2) is 14.2 Å². The zero-order valence-electron chi connectivity index (χ0n) is 16.9. The SMILES string of the molecule is C=Cc1c(Br)c(OC2O[C@H](C(=O)O)[C@@H](O)[C@H](O)[C@H]2O)c(Br)c2nc(-c3ccc(O)c(F)c3)oc12. The van der Waals surface area contributed by atoms with Crippen LogP contribution in [0.1, 0.15) is 5.56 Å². The number of nitrogens with zero attached hydrogens (tertiary/aromatic N) is 1. The summed E-state index contributed by atoms with van der Waals surface area (Å²) in [6.07, 6.45) is -7.65. The van der Waals surface area contributed by atoms with E-state index in [1.54, 1.807) is 0 Å². The molecule has 180 valence electrons. The highest BCUT2D eigenvalue weighted by Gasteiger charge is 2.48. The number of aromatic hydroxyl groups is 1. The van der Waals surface area contributed by atoms with Crippen LogP contribution < -0.4 is 4.74 Å². The van der Waals surface area contributed by atoms with E-state index in [0.717, 1.165) is 12.1 Å². The fraction of sp³-hybridized carbons (Fsp3) is 0.238. The van der Waals surface area contributed by atoms with E-state index < -0.39 is 48.2 Å². The van der Waals surface area contributed by atoms with E-state index >= 15 is 0 Å². The normalized spacial score (nSPS) is 24.8. The molecule has 1 aromatic heterocycles. The van der Waals surface area contributed by atoms with Crippen LogP contribution in [0.25, 0.3) is 28.6 Å². The van der Waals surface area contributed by atoms with Crippen molar-refractivity contribution in [2.24, 2.45) is 0 Å². The van der Waals surface area contributed by atoms with E-state index in [4.69, 9.17) is 13.9 Å². The number of rotatable bonds is 5. The Morgan fingerprint density at radius 3 is 2.50 bits per heavy atom. The van der Waals surface area contributed by atoms with Crippen molar-refractivity contribution in [1.82, 2.24) is 4.98 Å². The minimum Gasteiger partial charge on any atom is -0.505 e. The molecule has 3 aromatic rings. The standard InChI is InChI=1S/C21H16Br2FNO9/c1-2-7-10(22)17(33-21-15(29)13(27)14(28)18(34-21)20(30)31)11(23)12-16(7)32-19(25-12)6-3-4-9(26)8(24)5-6/h2-5,13-15,18,21,26-29H,1H2,(H,30,31)/t13-,14-,15+,18-,21?/m0/s1. The summed E-state index contributed by atoms with van der Waals surface area (Å²) >= 11 is 6.68. The summed E-state index contributed by atoms with van der Waals surface area (Å²) in [5, 5.41) is 48.9. The van der Waals surface area contributed by atoms with E-state index in [1.807, 2.05) is 0 Å². The van der Waals surface area contributed by atoms with Gasteiger partial charge in [0.15, 0.2) is 29.0 Å². The number of aliphatic carboxylic acids is 1. The molecule has 0 radical (unpaired) electrons. The number of oxazole rings is 1. The molecule has 0 amide bonds. The fourth-order valence-electron chi connectivity index (χ4n) is 3.39. The van der Waals surface area contributed by atoms with Crippen LogP contribution in [-0.4, -0.2) is 67.2 Å². The Balaban J connectivity index is 1.80. The van der Waals surface area contributed by atoms with Crippen molar-refractivity contribution in [3.8, 4) is 23.0 Å². The highest BCUT2D eigenvalue weighted by molar-refractivity contribution is 9.11. The van der Waals surface area contributed by atoms with Gasteiger partial charge in [-0.15, -0.1) is 0 Å². The van der Waals surface area contributed by atoms with E-state index in [1.165, 1.54) is 12.1 Å². The predicted octanol–water partition coefficient (Wildman–Crippen LogP) is 2.78. The molecule has 34 heavy (non-hydrogen) atoms. The second-order valence-electron chi connectivity index (χ2n) is 7.29. The predicted molar refractivity (Wildman–Crippen MR) is 122 cm³/mol. The molecule has 2 heterocycles. The van der Waals surface area contributed by atoms with Crippen molar-refractivity contribution < 1.29 is 48.6 Å². The number of phenolic OH excluding ortho intramolecular Hbond substituents is 1. The van der Waals surface area contributed by atoms with Gasteiger partial charge in [0.2, 0.25) is 12.2 Å². The average Bonchev–Trinajstić information content (AvgIpc) is 3.23. The number of carbonyl (C=O) groups is 1. The first-order valence-electron chi connectivity index (χ1n) is 9.57. The van der Waals surface area contributed by atoms with Crippen LogP contribution in [0.15, 0.2) is 38.1 Å². The lowest BCUT2D eigenvalue weighted by atomic mass is 9.99. The molecule has 0 aliphatic carbocycles. The highest BCUT2D eigenvalue weighted by atomic mass is 79.9. The van der Waals surface area contributed by atoms with E-state index in [2.05, 4.69) is 43.4 Å². The number of benzene rings is 2. The van der Waals surface area contributed by atoms with Crippen molar-refractivity contribution in [1.29, 1.82) is 0 Å². The van der Waals surface area contributed by atoms with Crippen LogP contribution in [0, 0.1) is 5.82 Å². The molecule has 0 spiro atoms. The molecular formula is C21H16Br2FNO9. The fourth-order valence-corrected chi connectivity index (χ4v) is 4.85. The van der Waals surface area contributed by atoms with Crippen LogP contribution in [0.5, 0.6) is 11.5 Å². The first kappa shape index (κ1) is 24.6. The van der Waals surface area contributed by atoms with Gasteiger partial charge in [-0.1, -0.05) is 12.7 Å². The van der Waals surface area contributed by atoms with E-state index in [0.29, 0.717) is 5.56 Å². The molecule has 5 N–H and O–H groups in total. The number of aliphatic hydroxyl groups is 3. The van der Waals surface area contributed by atoms with Crippen LogP contribution in [0.3, 0.4) is 0 Å². The van der Waals surface area contributed by atoms with Gasteiger partial charge in [0.05, 0.1) is 8.95 Å². The van der Waals surface area contributed by atoms with Crippen molar-refractivity contribution in [3.63, 3.8) is 0 Å². The lowest BCUT2D eigenvalue weighted by molar-refractivity contribution is -0.271. The quantitative estimate of drug-likeness (QED) is 0.293. The lowest BCUT2D eigenvalue weighted by Crippen LogP contribution is -2.61. The topological polar surface area (TPSA) is 163 Å². The smallest absolute Gasteiger partial charge is 0.335 e. The van der Waals surface area contributed by atoms with Gasteiger partial charge in [-0.3, -0.25) is 0 Å². The number of aliphatic hydroxyl groups excluding tert-OH is 3.